The average Bonchev–Trinajstić information content (AvgIpc) is 3.35. The van der Waals surface area contributed by atoms with Gasteiger partial charge >= 0.3 is 5.97 Å². The van der Waals surface area contributed by atoms with Gasteiger partial charge in [0.2, 0.25) is 0 Å². The fourth-order valence-electron chi connectivity index (χ4n) is 2.28. The topological polar surface area (TPSA) is 52.3 Å². The Morgan fingerprint density at radius 1 is 1.17 bits per heavy atom. The summed E-state index contributed by atoms with van der Waals surface area (Å²) >= 11 is 5.26. The van der Waals surface area contributed by atoms with Crippen molar-refractivity contribution in [2.45, 2.75) is 4.58 Å². The SMILES string of the molecule is O=C(Oc1ccc(C2SCCS2)cc1)c1csc(-c2ccco2)n1. The van der Waals surface area contributed by atoms with Crippen LogP contribution in [0.2, 0.25) is 0 Å². The first kappa shape index (κ1) is 15.8. The van der Waals surface area contributed by atoms with Crippen LogP contribution in [0.4, 0.5) is 0 Å². The molecule has 1 aliphatic rings. The second kappa shape index (κ2) is 7.04. The maximum absolute atomic E-state index is 12.2. The maximum atomic E-state index is 12.2. The van der Waals surface area contributed by atoms with E-state index < -0.39 is 5.97 Å². The number of furan rings is 1. The van der Waals surface area contributed by atoms with Gasteiger partial charge in [-0.25, -0.2) is 9.78 Å². The van der Waals surface area contributed by atoms with Gasteiger partial charge < -0.3 is 9.15 Å². The number of thioether (sulfide) groups is 2. The highest BCUT2D eigenvalue weighted by Gasteiger charge is 2.19. The third-order valence-corrected chi connectivity index (χ3v) is 7.39. The minimum absolute atomic E-state index is 0.289. The van der Waals surface area contributed by atoms with Gasteiger partial charge in [0.05, 0.1) is 10.8 Å². The van der Waals surface area contributed by atoms with E-state index in [1.54, 1.807) is 17.7 Å². The zero-order valence-corrected chi connectivity index (χ0v) is 15.0. The van der Waals surface area contributed by atoms with E-state index in [0.29, 0.717) is 21.1 Å². The highest BCUT2D eigenvalue weighted by molar-refractivity contribution is 8.19. The van der Waals surface area contributed by atoms with E-state index in [0.717, 1.165) is 0 Å². The van der Waals surface area contributed by atoms with E-state index in [1.165, 1.54) is 28.4 Å². The Morgan fingerprint density at radius 3 is 2.67 bits per heavy atom. The molecule has 122 valence electrons. The van der Waals surface area contributed by atoms with Gasteiger partial charge in [-0.1, -0.05) is 12.1 Å². The molecule has 0 amide bonds. The minimum Gasteiger partial charge on any atom is -0.462 e. The monoisotopic (exact) mass is 375 g/mol. The summed E-state index contributed by atoms with van der Waals surface area (Å²) in [6.45, 7) is 0. The summed E-state index contributed by atoms with van der Waals surface area (Å²) in [6, 6.07) is 11.3. The maximum Gasteiger partial charge on any atom is 0.363 e. The van der Waals surface area contributed by atoms with E-state index in [2.05, 4.69) is 4.98 Å². The van der Waals surface area contributed by atoms with Crippen LogP contribution in [0.5, 0.6) is 5.75 Å². The lowest BCUT2D eigenvalue weighted by Gasteiger charge is -2.09. The van der Waals surface area contributed by atoms with E-state index >= 15 is 0 Å². The molecule has 0 saturated carbocycles. The Labute approximate surface area is 151 Å². The van der Waals surface area contributed by atoms with Gasteiger partial charge in [0.1, 0.15) is 5.75 Å². The fourth-order valence-corrected chi connectivity index (χ4v) is 5.90. The summed E-state index contributed by atoms with van der Waals surface area (Å²) in [7, 11) is 0. The largest absolute Gasteiger partial charge is 0.462 e. The Balaban J connectivity index is 1.44. The molecule has 4 nitrogen and oxygen atoms in total. The smallest absolute Gasteiger partial charge is 0.363 e. The van der Waals surface area contributed by atoms with Crippen LogP contribution in [-0.4, -0.2) is 22.5 Å². The molecular formula is C17H13NO3S3. The summed E-state index contributed by atoms with van der Waals surface area (Å²) in [6.07, 6.45) is 1.58. The van der Waals surface area contributed by atoms with Crippen molar-refractivity contribution in [3.8, 4) is 16.5 Å². The van der Waals surface area contributed by atoms with Crippen LogP contribution < -0.4 is 4.74 Å². The van der Waals surface area contributed by atoms with Crippen molar-refractivity contribution < 1.29 is 13.9 Å². The number of carbonyl (C=O) groups excluding carboxylic acids is 1. The molecule has 0 aliphatic carbocycles. The van der Waals surface area contributed by atoms with Crippen molar-refractivity contribution in [2.75, 3.05) is 11.5 Å². The summed E-state index contributed by atoms with van der Waals surface area (Å²) in [5, 5.41) is 2.35. The first-order valence-electron chi connectivity index (χ1n) is 7.34. The molecule has 0 atom stereocenters. The Morgan fingerprint density at radius 2 is 1.96 bits per heavy atom. The van der Waals surface area contributed by atoms with Crippen LogP contribution in [0.3, 0.4) is 0 Å². The number of thiazole rings is 1. The lowest BCUT2D eigenvalue weighted by atomic mass is 10.2. The van der Waals surface area contributed by atoms with Crippen molar-refractivity contribution in [1.29, 1.82) is 0 Å². The quantitative estimate of drug-likeness (QED) is 0.467. The molecule has 24 heavy (non-hydrogen) atoms. The number of hydrogen-bond acceptors (Lipinski definition) is 7. The third-order valence-electron chi connectivity index (χ3n) is 3.43. The Bertz CT molecular complexity index is 821. The lowest BCUT2D eigenvalue weighted by Crippen LogP contribution is -2.08. The number of benzene rings is 1. The van der Waals surface area contributed by atoms with Crippen LogP contribution in [0.25, 0.3) is 10.8 Å². The number of rotatable bonds is 4. The van der Waals surface area contributed by atoms with Gasteiger partial charge in [0.15, 0.2) is 16.5 Å². The summed E-state index contributed by atoms with van der Waals surface area (Å²) < 4.78 is 11.2. The number of hydrogen-bond donors (Lipinski definition) is 0. The number of nitrogens with zero attached hydrogens (tertiary/aromatic N) is 1. The fraction of sp³-hybridized carbons (Fsp3) is 0.176. The van der Waals surface area contributed by atoms with Gasteiger partial charge in [-0.05, 0) is 29.8 Å². The minimum atomic E-state index is -0.457. The molecule has 0 spiro atoms. The molecule has 0 unspecified atom stereocenters. The van der Waals surface area contributed by atoms with Gasteiger partial charge in [0, 0.05) is 16.9 Å². The Hall–Kier alpha value is -1.70. The predicted octanol–water partition coefficient (Wildman–Crippen LogP) is 5.10. The van der Waals surface area contributed by atoms with Crippen LogP contribution in [0.1, 0.15) is 20.6 Å². The highest BCUT2D eigenvalue weighted by Crippen LogP contribution is 2.45. The third kappa shape index (κ3) is 3.38. The highest BCUT2D eigenvalue weighted by atomic mass is 32.2. The molecule has 7 heteroatoms. The molecule has 1 aromatic carbocycles. The molecule has 0 bridgehead atoms. The molecule has 0 N–H and O–H groups in total. The Kier molecular flexibility index (Phi) is 4.64. The van der Waals surface area contributed by atoms with Gasteiger partial charge in [-0.3, -0.25) is 0 Å². The summed E-state index contributed by atoms with van der Waals surface area (Å²) in [4.78, 5) is 16.5. The molecule has 1 fully saturated rings. The second-order valence-electron chi connectivity index (χ2n) is 5.05. The molecule has 1 aliphatic heterocycles. The zero-order valence-electron chi connectivity index (χ0n) is 12.5. The lowest BCUT2D eigenvalue weighted by molar-refractivity contribution is 0.0729. The summed E-state index contributed by atoms with van der Waals surface area (Å²) in [5.41, 5.74) is 1.55. The van der Waals surface area contributed by atoms with Gasteiger partial charge in [-0.15, -0.1) is 34.9 Å². The number of carbonyl (C=O) groups is 1. The van der Waals surface area contributed by atoms with Crippen LogP contribution >= 0.6 is 34.9 Å². The van der Waals surface area contributed by atoms with Crippen molar-refractivity contribution in [3.63, 3.8) is 0 Å². The molecule has 3 heterocycles. The van der Waals surface area contributed by atoms with Crippen LogP contribution in [0.15, 0.2) is 52.5 Å². The number of esters is 1. The standard InChI is InChI=1S/C17H13NO3S3/c19-16(13-10-24-15(18-13)14-2-1-7-20-14)21-12-5-3-11(4-6-12)17-22-8-9-23-17/h1-7,10,17H,8-9H2. The van der Waals surface area contributed by atoms with Gasteiger partial charge in [0.25, 0.3) is 0 Å². The molecule has 1 saturated heterocycles. The van der Waals surface area contributed by atoms with E-state index in [1.807, 2.05) is 53.9 Å². The van der Waals surface area contributed by atoms with Crippen LogP contribution in [0, 0.1) is 0 Å². The van der Waals surface area contributed by atoms with Crippen molar-refractivity contribution in [2.24, 2.45) is 0 Å². The van der Waals surface area contributed by atoms with E-state index in [9.17, 15) is 4.79 Å². The molecule has 4 rings (SSSR count). The van der Waals surface area contributed by atoms with E-state index in [-0.39, 0.29) is 5.69 Å². The van der Waals surface area contributed by atoms with Crippen molar-refractivity contribution in [1.82, 2.24) is 4.98 Å². The normalized spacial score (nSPS) is 14.8. The van der Waals surface area contributed by atoms with Crippen molar-refractivity contribution in [3.05, 3.63) is 59.3 Å². The first-order valence-corrected chi connectivity index (χ1v) is 10.3. The van der Waals surface area contributed by atoms with Crippen molar-refractivity contribution >= 4 is 40.8 Å². The molecule has 3 aromatic rings. The number of ether oxygens (including phenoxy) is 1. The molecular weight excluding hydrogens is 362 g/mol. The summed E-state index contributed by atoms with van der Waals surface area (Å²) in [5.74, 6) is 3.10. The molecule has 0 radical (unpaired) electrons. The first-order chi connectivity index (χ1) is 11.8. The average molecular weight is 375 g/mol. The molecule has 2 aromatic heterocycles. The second-order valence-corrected chi connectivity index (χ2v) is 8.63. The number of aromatic nitrogens is 1. The van der Waals surface area contributed by atoms with E-state index in [4.69, 9.17) is 9.15 Å². The predicted molar refractivity (Wildman–Crippen MR) is 98.9 cm³/mol. The van der Waals surface area contributed by atoms with Crippen LogP contribution in [-0.2, 0) is 0 Å². The zero-order chi connectivity index (χ0) is 16.4. The van der Waals surface area contributed by atoms with Gasteiger partial charge in [-0.2, -0.15) is 0 Å².